The van der Waals surface area contributed by atoms with Gasteiger partial charge in [0.15, 0.2) is 0 Å². The molecule has 1 unspecified atom stereocenters. The van der Waals surface area contributed by atoms with Crippen molar-refractivity contribution in [2.45, 2.75) is 31.5 Å². The van der Waals surface area contributed by atoms with Crippen LogP contribution in [0, 0.1) is 0 Å². The Morgan fingerprint density at radius 3 is 2.24 bits per heavy atom. The molecule has 5 rings (SSSR count). The van der Waals surface area contributed by atoms with Crippen LogP contribution in [0.3, 0.4) is 0 Å². The molecular formula is C30H31ClF6N4O4. The minimum Gasteiger partial charge on any atom is -0.475 e. The number of benzene rings is 2. The van der Waals surface area contributed by atoms with E-state index in [1.165, 1.54) is 18.2 Å². The van der Waals surface area contributed by atoms with Crippen molar-refractivity contribution in [1.82, 2.24) is 19.7 Å². The topological polar surface area (TPSA) is 87.0 Å². The van der Waals surface area contributed by atoms with Crippen LogP contribution in [0.4, 0.5) is 26.3 Å². The molecule has 0 aliphatic carbocycles. The van der Waals surface area contributed by atoms with Crippen LogP contribution < -0.4 is 10.1 Å². The van der Waals surface area contributed by atoms with Crippen molar-refractivity contribution >= 4 is 23.5 Å². The Balaban J connectivity index is 0.000000591. The average Bonchev–Trinajstić information content (AvgIpc) is 3.37. The second kappa shape index (κ2) is 14.1. The molecule has 2 aliphatic heterocycles. The first-order valence-electron chi connectivity index (χ1n) is 13.9. The lowest BCUT2D eigenvalue weighted by atomic mass is 9.95. The number of hydrogen-bond donors (Lipinski definition) is 2. The van der Waals surface area contributed by atoms with E-state index in [0.29, 0.717) is 41.2 Å². The van der Waals surface area contributed by atoms with Gasteiger partial charge < -0.3 is 24.6 Å². The van der Waals surface area contributed by atoms with Crippen LogP contribution >= 0.6 is 11.6 Å². The molecule has 2 N–H and O–H groups in total. The molecule has 3 aromatic rings. The Morgan fingerprint density at radius 2 is 1.67 bits per heavy atom. The lowest BCUT2D eigenvalue weighted by Gasteiger charge is -2.32. The van der Waals surface area contributed by atoms with Crippen molar-refractivity contribution < 1.29 is 45.8 Å². The Bertz CT molecular complexity index is 1490. The van der Waals surface area contributed by atoms with Gasteiger partial charge in [0.25, 0.3) is 5.91 Å². The van der Waals surface area contributed by atoms with Gasteiger partial charge in [-0.3, -0.25) is 9.69 Å². The van der Waals surface area contributed by atoms with E-state index in [9.17, 15) is 31.1 Å². The van der Waals surface area contributed by atoms with E-state index in [0.717, 1.165) is 43.9 Å². The molecule has 0 bridgehead atoms. The standard InChI is InChI=1S/C28H30ClF3N4O2.C2HF3O2/c1-34-11-13-35(14-12-34)17-19-5-7-20(8-6-19)25-24(21-3-2-4-23(15-21)38-28(30,31)32)18-36-22(9-10-29)16-33-27(37)26(25)36;3-2(4,5)1(6)7/h2-8,15,18,22H,9-14,16-17H2,1H3,(H,33,37);(H,6,7). The highest BCUT2D eigenvalue weighted by atomic mass is 35.5. The molecule has 1 atom stereocenters. The van der Waals surface area contributed by atoms with Crippen molar-refractivity contribution in [2.75, 3.05) is 45.7 Å². The average molecular weight is 661 g/mol. The fourth-order valence-corrected chi connectivity index (χ4v) is 5.47. The monoisotopic (exact) mass is 660 g/mol. The van der Waals surface area contributed by atoms with Gasteiger partial charge in [0, 0.05) is 62.5 Å². The second-order valence-corrected chi connectivity index (χ2v) is 11.0. The van der Waals surface area contributed by atoms with Gasteiger partial charge in [-0.1, -0.05) is 36.4 Å². The van der Waals surface area contributed by atoms with E-state index in [4.69, 9.17) is 21.5 Å². The Hall–Kier alpha value is -3.75. The lowest BCUT2D eigenvalue weighted by Crippen LogP contribution is -2.43. The van der Waals surface area contributed by atoms with Gasteiger partial charge in [0.1, 0.15) is 11.4 Å². The normalized spacial score (nSPS) is 17.6. The van der Waals surface area contributed by atoms with Crippen LogP contribution in [-0.4, -0.2) is 89.5 Å². The molecule has 0 spiro atoms. The number of aromatic nitrogens is 1. The number of likely N-dealkylation sites (N-methyl/N-ethyl adjacent to an activating group) is 1. The molecule has 2 aliphatic rings. The number of amides is 1. The second-order valence-electron chi connectivity index (χ2n) is 10.7. The summed E-state index contributed by atoms with van der Waals surface area (Å²) in [5, 5.41) is 10.1. The first-order chi connectivity index (χ1) is 21.2. The zero-order valence-corrected chi connectivity index (χ0v) is 24.8. The third kappa shape index (κ3) is 8.92. The highest BCUT2D eigenvalue weighted by molar-refractivity contribution is 6.17. The third-order valence-electron chi connectivity index (χ3n) is 7.45. The fourth-order valence-electron chi connectivity index (χ4n) is 5.22. The van der Waals surface area contributed by atoms with Gasteiger partial charge in [0.2, 0.25) is 0 Å². The molecule has 244 valence electrons. The molecule has 1 aromatic heterocycles. The van der Waals surface area contributed by atoms with Crippen LogP contribution in [0.2, 0.25) is 0 Å². The van der Waals surface area contributed by atoms with E-state index in [-0.39, 0.29) is 17.7 Å². The van der Waals surface area contributed by atoms with E-state index < -0.39 is 18.5 Å². The number of halogens is 7. The maximum absolute atomic E-state index is 13.1. The summed E-state index contributed by atoms with van der Waals surface area (Å²) in [7, 11) is 2.13. The quantitative estimate of drug-likeness (QED) is 0.238. The predicted octanol–water partition coefficient (Wildman–Crippen LogP) is 6.01. The first kappa shape index (κ1) is 34.1. The summed E-state index contributed by atoms with van der Waals surface area (Å²) in [6.07, 6.45) is -7.39. The number of rotatable bonds is 7. The number of fused-ring (bicyclic) bond motifs is 1. The maximum atomic E-state index is 13.1. The summed E-state index contributed by atoms with van der Waals surface area (Å²) < 4.78 is 76.6. The van der Waals surface area contributed by atoms with E-state index in [1.807, 2.05) is 22.9 Å². The highest BCUT2D eigenvalue weighted by Gasteiger charge is 2.38. The third-order valence-corrected chi connectivity index (χ3v) is 7.67. The molecule has 8 nitrogen and oxygen atoms in total. The largest absolute Gasteiger partial charge is 0.573 e. The lowest BCUT2D eigenvalue weighted by molar-refractivity contribution is -0.274. The van der Waals surface area contributed by atoms with Crippen molar-refractivity contribution in [2.24, 2.45) is 0 Å². The number of nitrogens with one attached hydrogen (secondary N) is 1. The number of carbonyl (C=O) groups is 2. The van der Waals surface area contributed by atoms with Gasteiger partial charge >= 0.3 is 18.5 Å². The van der Waals surface area contributed by atoms with Crippen molar-refractivity contribution in [3.05, 3.63) is 66.0 Å². The molecule has 45 heavy (non-hydrogen) atoms. The number of aliphatic carboxylic acids is 1. The Morgan fingerprint density at radius 1 is 1.02 bits per heavy atom. The molecule has 1 fully saturated rings. The molecule has 1 saturated heterocycles. The number of carboxylic acid groups (broad SMARTS) is 1. The molecule has 15 heteroatoms. The molecule has 0 radical (unpaired) electrons. The molecule has 1 amide bonds. The van der Waals surface area contributed by atoms with Crippen LogP contribution in [0.15, 0.2) is 54.7 Å². The van der Waals surface area contributed by atoms with Gasteiger partial charge in [-0.05, 0) is 42.3 Å². The van der Waals surface area contributed by atoms with Gasteiger partial charge in [0.05, 0.1) is 6.04 Å². The van der Waals surface area contributed by atoms with E-state index in [1.54, 1.807) is 6.07 Å². The highest BCUT2D eigenvalue weighted by Crippen LogP contribution is 2.41. The smallest absolute Gasteiger partial charge is 0.475 e. The van der Waals surface area contributed by atoms with Crippen LogP contribution in [0.5, 0.6) is 5.75 Å². The SMILES string of the molecule is CN1CCN(Cc2ccc(-c3c(-c4cccc(OC(F)(F)F)c4)cn4c3C(=O)NCC4CCCl)cc2)CC1.O=C(O)C(F)(F)F. The number of nitrogens with zero attached hydrogens (tertiary/aromatic N) is 3. The molecule has 2 aromatic carbocycles. The number of ether oxygens (including phenoxy) is 1. The first-order valence-corrected chi connectivity index (χ1v) is 14.4. The maximum Gasteiger partial charge on any atom is 0.573 e. The Labute approximate surface area is 260 Å². The number of carbonyl (C=O) groups excluding carboxylic acids is 1. The van der Waals surface area contributed by atoms with Crippen LogP contribution in [0.1, 0.15) is 28.5 Å². The minimum absolute atomic E-state index is 0.0567. The van der Waals surface area contributed by atoms with Crippen molar-refractivity contribution in [3.63, 3.8) is 0 Å². The van der Waals surface area contributed by atoms with Crippen LogP contribution in [0.25, 0.3) is 22.3 Å². The summed E-state index contributed by atoms with van der Waals surface area (Å²) in [5.74, 6) is -2.87. The van der Waals surface area contributed by atoms with Gasteiger partial charge in [-0.25, -0.2) is 4.79 Å². The van der Waals surface area contributed by atoms with Gasteiger partial charge in [-0.2, -0.15) is 13.2 Å². The van der Waals surface area contributed by atoms with Crippen LogP contribution in [-0.2, 0) is 11.3 Å². The summed E-state index contributed by atoms with van der Waals surface area (Å²) >= 11 is 6.05. The molecule has 0 saturated carbocycles. The zero-order chi connectivity index (χ0) is 32.9. The van der Waals surface area contributed by atoms with Gasteiger partial charge in [-0.15, -0.1) is 24.8 Å². The van der Waals surface area contributed by atoms with E-state index in [2.05, 4.69) is 39.0 Å². The molecular weight excluding hydrogens is 630 g/mol. The van der Waals surface area contributed by atoms with Crippen molar-refractivity contribution in [3.8, 4) is 28.0 Å². The van der Waals surface area contributed by atoms with E-state index >= 15 is 0 Å². The summed E-state index contributed by atoms with van der Waals surface area (Å²) in [6.45, 7) is 5.36. The molecule has 3 heterocycles. The minimum atomic E-state index is -5.08. The summed E-state index contributed by atoms with van der Waals surface area (Å²) in [6, 6.07) is 13.9. The zero-order valence-electron chi connectivity index (χ0n) is 24.1. The van der Waals surface area contributed by atoms with Crippen molar-refractivity contribution in [1.29, 1.82) is 0 Å². The fraction of sp³-hybridized carbons (Fsp3) is 0.400. The predicted molar refractivity (Wildman–Crippen MR) is 155 cm³/mol. The number of carboxylic acids is 1. The number of alkyl halides is 7. The number of piperazine rings is 1. The number of hydrogen-bond acceptors (Lipinski definition) is 5. The summed E-state index contributed by atoms with van der Waals surface area (Å²) in [4.78, 5) is 26.8. The Kier molecular flexibility index (Phi) is 10.7. The summed E-state index contributed by atoms with van der Waals surface area (Å²) in [5.41, 5.74) is 4.34.